The molecule has 0 aromatic carbocycles. The van der Waals surface area contributed by atoms with Crippen molar-refractivity contribution in [2.45, 2.75) is 65.5 Å². The second-order valence-corrected chi connectivity index (χ2v) is 5.46. The van der Waals surface area contributed by atoms with Gasteiger partial charge in [-0.25, -0.2) is 0 Å². The molecule has 96 valence electrons. The van der Waals surface area contributed by atoms with Gasteiger partial charge in [0.25, 0.3) is 0 Å². The molecule has 3 heteroatoms. The Kier molecular flexibility index (Phi) is 3.87. The largest absolute Gasteiger partial charge is 0.314 e. The molecule has 0 radical (unpaired) electrons. The third kappa shape index (κ3) is 3.09. The molecule has 1 aromatic heterocycles. The van der Waals surface area contributed by atoms with Crippen molar-refractivity contribution in [1.29, 1.82) is 0 Å². The van der Waals surface area contributed by atoms with Crippen LogP contribution in [0.5, 0.6) is 0 Å². The highest BCUT2D eigenvalue weighted by molar-refractivity contribution is 5.22. The van der Waals surface area contributed by atoms with Crippen LogP contribution in [-0.4, -0.2) is 22.4 Å². The quantitative estimate of drug-likeness (QED) is 0.768. The standard InChI is InChI=1S/C14H25N3/c1-10(6-5-9-15-14-7-8-14)17-13(4)11(2)12(3)16-17/h10,14-15H,5-9H2,1-4H3. The van der Waals surface area contributed by atoms with Gasteiger partial charge in [-0.1, -0.05) is 0 Å². The molecule has 1 aliphatic carbocycles. The van der Waals surface area contributed by atoms with Gasteiger partial charge in [-0.15, -0.1) is 0 Å². The summed E-state index contributed by atoms with van der Waals surface area (Å²) >= 11 is 0. The topological polar surface area (TPSA) is 29.9 Å². The zero-order valence-corrected chi connectivity index (χ0v) is 11.6. The summed E-state index contributed by atoms with van der Waals surface area (Å²) in [7, 11) is 0. The lowest BCUT2D eigenvalue weighted by Crippen LogP contribution is -2.19. The first-order valence-electron chi connectivity index (χ1n) is 6.85. The summed E-state index contributed by atoms with van der Waals surface area (Å²) in [6.45, 7) is 9.87. The Hall–Kier alpha value is -0.830. The fraction of sp³-hybridized carbons (Fsp3) is 0.786. The maximum atomic E-state index is 4.63. The van der Waals surface area contributed by atoms with E-state index in [4.69, 9.17) is 0 Å². The number of nitrogens with zero attached hydrogens (tertiary/aromatic N) is 2. The van der Waals surface area contributed by atoms with E-state index in [1.165, 1.54) is 42.6 Å². The monoisotopic (exact) mass is 235 g/mol. The Morgan fingerprint density at radius 1 is 1.35 bits per heavy atom. The number of rotatable bonds is 6. The van der Waals surface area contributed by atoms with Gasteiger partial charge in [-0.05, 0) is 65.5 Å². The Morgan fingerprint density at radius 3 is 2.59 bits per heavy atom. The molecular weight excluding hydrogens is 210 g/mol. The van der Waals surface area contributed by atoms with E-state index in [9.17, 15) is 0 Å². The lowest BCUT2D eigenvalue weighted by atomic mass is 10.1. The molecule has 1 aliphatic rings. The number of aryl methyl sites for hydroxylation is 1. The van der Waals surface area contributed by atoms with Crippen molar-refractivity contribution in [3.8, 4) is 0 Å². The van der Waals surface area contributed by atoms with E-state index in [1.807, 2.05) is 0 Å². The minimum Gasteiger partial charge on any atom is -0.314 e. The molecule has 17 heavy (non-hydrogen) atoms. The van der Waals surface area contributed by atoms with Gasteiger partial charge in [0.15, 0.2) is 0 Å². The molecule has 3 nitrogen and oxygen atoms in total. The van der Waals surface area contributed by atoms with E-state index in [2.05, 4.69) is 42.8 Å². The van der Waals surface area contributed by atoms with Crippen LogP contribution in [0.3, 0.4) is 0 Å². The van der Waals surface area contributed by atoms with Crippen LogP contribution in [0.15, 0.2) is 0 Å². The minimum absolute atomic E-state index is 0.517. The summed E-state index contributed by atoms with van der Waals surface area (Å²) in [6, 6.07) is 1.35. The van der Waals surface area contributed by atoms with Gasteiger partial charge in [0.1, 0.15) is 0 Å². The van der Waals surface area contributed by atoms with E-state index in [0.29, 0.717) is 6.04 Å². The van der Waals surface area contributed by atoms with Crippen LogP contribution in [0.4, 0.5) is 0 Å². The molecule has 2 rings (SSSR count). The van der Waals surface area contributed by atoms with E-state index < -0.39 is 0 Å². The van der Waals surface area contributed by atoms with Crippen molar-refractivity contribution < 1.29 is 0 Å². The number of hydrogen-bond donors (Lipinski definition) is 1. The zero-order valence-electron chi connectivity index (χ0n) is 11.6. The van der Waals surface area contributed by atoms with Crippen LogP contribution in [0.25, 0.3) is 0 Å². The molecule has 1 saturated carbocycles. The molecule has 0 amide bonds. The van der Waals surface area contributed by atoms with Crippen molar-refractivity contribution in [2.75, 3.05) is 6.54 Å². The average Bonchev–Trinajstić information content (AvgIpc) is 3.09. The van der Waals surface area contributed by atoms with E-state index in [-0.39, 0.29) is 0 Å². The van der Waals surface area contributed by atoms with Gasteiger partial charge < -0.3 is 5.32 Å². The predicted octanol–water partition coefficient (Wildman–Crippen LogP) is 2.90. The Morgan fingerprint density at radius 2 is 2.06 bits per heavy atom. The van der Waals surface area contributed by atoms with E-state index >= 15 is 0 Å². The van der Waals surface area contributed by atoms with E-state index in [0.717, 1.165) is 12.6 Å². The van der Waals surface area contributed by atoms with Crippen LogP contribution in [0.2, 0.25) is 0 Å². The minimum atomic E-state index is 0.517. The Labute approximate surface area is 105 Å². The summed E-state index contributed by atoms with van der Waals surface area (Å²) < 4.78 is 2.20. The highest BCUT2D eigenvalue weighted by Gasteiger charge is 2.19. The summed E-state index contributed by atoms with van der Waals surface area (Å²) in [5.41, 5.74) is 3.84. The Balaban J connectivity index is 1.81. The summed E-state index contributed by atoms with van der Waals surface area (Å²) in [5, 5.41) is 8.20. The molecule has 1 aromatic rings. The molecule has 1 heterocycles. The first-order valence-corrected chi connectivity index (χ1v) is 6.85. The molecule has 0 spiro atoms. The van der Waals surface area contributed by atoms with Crippen LogP contribution in [0, 0.1) is 20.8 Å². The van der Waals surface area contributed by atoms with Crippen molar-refractivity contribution in [1.82, 2.24) is 15.1 Å². The van der Waals surface area contributed by atoms with E-state index in [1.54, 1.807) is 0 Å². The first kappa shape index (κ1) is 12.6. The normalized spacial score (nSPS) is 17.4. The molecule has 1 atom stereocenters. The van der Waals surface area contributed by atoms with Gasteiger partial charge in [-0.2, -0.15) is 5.10 Å². The highest BCUT2D eigenvalue weighted by Crippen LogP contribution is 2.21. The maximum absolute atomic E-state index is 4.63. The molecule has 0 saturated heterocycles. The van der Waals surface area contributed by atoms with Gasteiger partial charge in [-0.3, -0.25) is 4.68 Å². The fourth-order valence-electron chi connectivity index (χ4n) is 2.29. The third-order valence-corrected chi connectivity index (χ3v) is 3.91. The number of hydrogen-bond acceptors (Lipinski definition) is 2. The maximum Gasteiger partial charge on any atom is 0.0625 e. The summed E-state index contributed by atoms with van der Waals surface area (Å²) in [5.74, 6) is 0. The number of nitrogens with one attached hydrogen (secondary N) is 1. The van der Waals surface area contributed by atoms with Crippen LogP contribution >= 0.6 is 0 Å². The molecule has 1 fully saturated rings. The smallest absolute Gasteiger partial charge is 0.0625 e. The lowest BCUT2D eigenvalue weighted by molar-refractivity contribution is 0.429. The molecular formula is C14H25N3. The van der Waals surface area contributed by atoms with Crippen molar-refractivity contribution in [3.05, 3.63) is 17.0 Å². The second-order valence-electron chi connectivity index (χ2n) is 5.46. The van der Waals surface area contributed by atoms with Crippen LogP contribution in [0.1, 0.15) is 55.6 Å². The molecule has 1 N–H and O–H groups in total. The zero-order chi connectivity index (χ0) is 12.4. The predicted molar refractivity (Wildman–Crippen MR) is 71.4 cm³/mol. The second kappa shape index (κ2) is 5.21. The lowest BCUT2D eigenvalue weighted by Gasteiger charge is -2.14. The molecule has 0 aliphatic heterocycles. The van der Waals surface area contributed by atoms with Crippen LogP contribution < -0.4 is 5.32 Å². The SMILES string of the molecule is Cc1nn(C(C)CCCNC2CC2)c(C)c1C. The van der Waals surface area contributed by atoms with Crippen molar-refractivity contribution >= 4 is 0 Å². The van der Waals surface area contributed by atoms with Gasteiger partial charge in [0, 0.05) is 17.8 Å². The average molecular weight is 235 g/mol. The first-order chi connectivity index (χ1) is 8.09. The van der Waals surface area contributed by atoms with Crippen molar-refractivity contribution in [2.24, 2.45) is 0 Å². The number of aromatic nitrogens is 2. The van der Waals surface area contributed by atoms with Gasteiger partial charge in [0.05, 0.1) is 5.69 Å². The van der Waals surface area contributed by atoms with Gasteiger partial charge in [0.2, 0.25) is 0 Å². The fourth-order valence-corrected chi connectivity index (χ4v) is 2.29. The third-order valence-electron chi connectivity index (χ3n) is 3.91. The highest BCUT2D eigenvalue weighted by atomic mass is 15.3. The Bertz CT molecular complexity index is 377. The molecule has 1 unspecified atom stereocenters. The van der Waals surface area contributed by atoms with Crippen LogP contribution in [-0.2, 0) is 0 Å². The molecule has 0 bridgehead atoms. The van der Waals surface area contributed by atoms with Crippen molar-refractivity contribution in [3.63, 3.8) is 0 Å². The summed E-state index contributed by atoms with van der Waals surface area (Å²) in [4.78, 5) is 0. The van der Waals surface area contributed by atoms with Gasteiger partial charge >= 0.3 is 0 Å². The summed E-state index contributed by atoms with van der Waals surface area (Å²) in [6.07, 6.45) is 5.22.